The molecule has 3 rings (SSSR count). The lowest BCUT2D eigenvalue weighted by Crippen LogP contribution is -2.34. The van der Waals surface area contributed by atoms with Crippen molar-refractivity contribution in [2.75, 3.05) is 5.32 Å². The van der Waals surface area contributed by atoms with Gasteiger partial charge >= 0.3 is 0 Å². The molecule has 1 unspecified atom stereocenters. The summed E-state index contributed by atoms with van der Waals surface area (Å²) in [5, 5.41) is 4.71. The maximum Gasteiger partial charge on any atom is 0.128 e. The molecule has 1 aliphatic rings. The lowest BCUT2D eigenvalue weighted by atomic mass is 9.94. The number of hydrogen-bond acceptors (Lipinski definition) is 2. The highest BCUT2D eigenvalue weighted by Gasteiger charge is 2.40. The minimum absolute atomic E-state index is 0.0493. The zero-order valence-electron chi connectivity index (χ0n) is 11.3. The minimum atomic E-state index is -0.335. The van der Waals surface area contributed by atoms with Crippen LogP contribution < -0.4 is 10.1 Å². The van der Waals surface area contributed by atoms with Crippen molar-refractivity contribution in [2.24, 2.45) is 0 Å². The third-order valence-corrected chi connectivity index (χ3v) is 3.91. The highest BCUT2D eigenvalue weighted by Crippen LogP contribution is 2.44. The summed E-state index contributed by atoms with van der Waals surface area (Å²) >= 11 is 12.1. The molecule has 20 heavy (non-hydrogen) atoms. The summed E-state index contributed by atoms with van der Waals surface area (Å²) in [5.74, 6) is 0.920. The molecular weight excluding hydrogens is 293 g/mol. The second-order valence-electron chi connectivity index (χ2n) is 5.48. The van der Waals surface area contributed by atoms with Gasteiger partial charge in [0.2, 0.25) is 0 Å². The summed E-state index contributed by atoms with van der Waals surface area (Å²) in [6, 6.07) is 13.6. The standard InChI is InChI=1S/C16H15Cl2NO/c1-16(2)15(13-5-3-4-6-14(13)20-16)19-12-8-10(17)7-11(18)9-12/h3-9,15,19H,1-2H3. The fourth-order valence-corrected chi connectivity index (χ4v) is 3.11. The summed E-state index contributed by atoms with van der Waals surface area (Å²) in [4.78, 5) is 0. The largest absolute Gasteiger partial charge is 0.485 e. The van der Waals surface area contributed by atoms with E-state index in [-0.39, 0.29) is 11.6 Å². The lowest BCUT2D eigenvalue weighted by molar-refractivity contribution is 0.118. The van der Waals surface area contributed by atoms with Gasteiger partial charge in [-0.15, -0.1) is 0 Å². The zero-order chi connectivity index (χ0) is 14.3. The van der Waals surface area contributed by atoms with Crippen LogP contribution in [0.5, 0.6) is 5.75 Å². The molecular formula is C16H15Cl2NO. The molecule has 0 bridgehead atoms. The number of para-hydroxylation sites is 1. The Morgan fingerprint density at radius 1 is 1.05 bits per heavy atom. The predicted molar refractivity (Wildman–Crippen MR) is 84.0 cm³/mol. The molecule has 0 saturated carbocycles. The first-order chi connectivity index (χ1) is 9.45. The molecule has 1 aliphatic heterocycles. The SMILES string of the molecule is CC1(C)Oc2ccccc2C1Nc1cc(Cl)cc(Cl)c1. The maximum absolute atomic E-state index is 6.05. The highest BCUT2D eigenvalue weighted by atomic mass is 35.5. The van der Waals surface area contributed by atoms with Crippen LogP contribution in [0, 0.1) is 0 Å². The van der Waals surface area contributed by atoms with Crippen LogP contribution >= 0.6 is 23.2 Å². The first-order valence-corrected chi connectivity index (χ1v) is 7.22. The number of fused-ring (bicyclic) bond motifs is 1. The van der Waals surface area contributed by atoms with Gasteiger partial charge in [0.05, 0.1) is 6.04 Å². The van der Waals surface area contributed by atoms with Gasteiger partial charge in [-0.25, -0.2) is 0 Å². The van der Waals surface area contributed by atoms with Gasteiger partial charge in [-0.2, -0.15) is 0 Å². The van der Waals surface area contributed by atoms with Gasteiger partial charge in [0.15, 0.2) is 0 Å². The molecule has 4 heteroatoms. The van der Waals surface area contributed by atoms with Crippen molar-refractivity contribution in [1.82, 2.24) is 0 Å². The molecule has 0 radical (unpaired) electrons. The second-order valence-corrected chi connectivity index (χ2v) is 6.35. The van der Waals surface area contributed by atoms with E-state index in [0.29, 0.717) is 10.0 Å². The predicted octanol–water partition coefficient (Wildman–Crippen LogP) is 5.32. The van der Waals surface area contributed by atoms with E-state index < -0.39 is 0 Å². The van der Waals surface area contributed by atoms with Crippen LogP contribution in [0.25, 0.3) is 0 Å². The molecule has 2 aromatic rings. The molecule has 1 heterocycles. The molecule has 0 aromatic heterocycles. The average Bonchev–Trinajstić information content (AvgIpc) is 2.59. The van der Waals surface area contributed by atoms with Gasteiger partial charge in [0.1, 0.15) is 11.4 Å². The van der Waals surface area contributed by atoms with Gasteiger partial charge < -0.3 is 10.1 Å². The van der Waals surface area contributed by atoms with E-state index in [1.807, 2.05) is 30.3 Å². The molecule has 2 nitrogen and oxygen atoms in total. The van der Waals surface area contributed by atoms with Crippen molar-refractivity contribution < 1.29 is 4.74 Å². The Bertz CT molecular complexity index is 634. The van der Waals surface area contributed by atoms with E-state index >= 15 is 0 Å². The topological polar surface area (TPSA) is 21.3 Å². The van der Waals surface area contributed by atoms with Gasteiger partial charge in [0, 0.05) is 21.3 Å². The number of benzene rings is 2. The number of halogens is 2. The van der Waals surface area contributed by atoms with Crippen LogP contribution in [0.15, 0.2) is 42.5 Å². The average molecular weight is 308 g/mol. The van der Waals surface area contributed by atoms with Gasteiger partial charge in [-0.1, -0.05) is 41.4 Å². The van der Waals surface area contributed by atoms with Crippen LogP contribution in [0.1, 0.15) is 25.5 Å². The van der Waals surface area contributed by atoms with Crippen LogP contribution in [0.4, 0.5) is 5.69 Å². The Labute approximate surface area is 128 Å². The number of anilines is 1. The van der Waals surface area contributed by atoms with E-state index in [1.165, 1.54) is 0 Å². The molecule has 2 aromatic carbocycles. The van der Waals surface area contributed by atoms with E-state index in [2.05, 4.69) is 25.2 Å². The summed E-state index contributed by atoms with van der Waals surface area (Å²) in [5.41, 5.74) is 1.70. The molecule has 1 atom stereocenters. The number of hydrogen-bond donors (Lipinski definition) is 1. The van der Waals surface area contributed by atoms with Crippen molar-refractivity contribution in [3.8, 4) is 5.75 Å². The first-order valence-electron chi connectivity index (χ1n) is 6.46. The molecule has 0 spiro atoms. The number of rotatable bonds is 2. The van der Waals surface area contributed by atoms with Crippen LogP contribution in [-0.4, -0.2) is 5.60 Å². The summed E-state index contributed by atoms with van der Waals surface area (Å²) in [6.07, 6.45) is 0. The van der Waals surface area contributed by atoms with E-state index in [4.69, 9.17) is 27.9 Å². The van der Waals surface area contributed by atoms with Crippen LogP contribution in [0.2, 0.25) is 10.0 Å². The molecule has 0 saturated heterocycles. The molecule has 104 valence electrons. The number of nitrogens with one attached hydrogen (secondary N) is 1. The van der Waals surface area contributed by atoms with E-state index in [0.717, 1.165) is 17.0 Å². The second kappa shape index (κ2) is 4.87. The minimum Gasteiger partial charge on any atom is -0.485 e. The normalized spacial score (nSPS) is 19.3. The summed E-state index contributed by atoms with van der Waals surface area (Å²) in [7, 11) is 0. The third-order valence-electron chi connectivity index (χ3n) is 3.47. The van der Waals surface area contributed by atoms with E-state index in [9.17, 15) is 0 Å². The monoisotopic (exact) mass is 307 g/mol. The third kappa shape index (κ3) is 2.46. The molecule has 0 aliphatic carbocycles. The van der Waals surface area contributed by atoms with Gasteiger partial charge in [-0.05, 0) is 38.1 Å². The molecule has 1 N–H and O–H groups in total. The Morgan fingerprint density at radius 2 is 1.70 bits per heavy atom. The zero-order valence-corrected chi connectivity index (χ0v) is 12.8. The number of ether oxygens (including phenoxy) is 1. The Hall–Kier alpha value is -1.38. The quantitative estimate of drug-likeness (QED) is 0.811. The lowest BCUT2D eigenvalue weighted by Gasteiger charge is -2.28. The fraction of sp³-hybridized carbons (Fsp3) is 0.250. The smallest absolute Gasteiger partial charge is 0.128 e. The van der Waals surface area contributed by atoms with Crippen molar-refractivity contribution in [2.45, 2.75) is 25.5 Å². The Kier molecular flexibility index (Phi) is 3.31. The van der Waals surface area contributed by atoms with Gasteiger partial charge in [0.25, 0.3) is 0 Å². The summed E-state index contributed by atoms with van der Waals surface area (Å²) < 4.78 is 6.01. The van der Waals surface area contributed by atoms with Gasteiger partial charge in [-0.3, -0.25) is 0 Å². The molecule has 0 amide bonds. The van der Waals surface area contributed by atoms with Crippen molar-refractivity contribution in [1.29, 1.82) is 0 Å². The Morgan fingerprint density at radius 3 is 2.40 bits per heavy atom. The first kappa shape index (κ1) is 13.6. The molecule has 0 fully saturated rings. The highest BCUT2D eigenvalue weighted by molar-refractivity contribution is 6.35. The Balaban J connectivity index is 1.97. The van der Waals surface area contributed by atoms with Crippen molar-refractivity contribution in [3.05, 3.63) is 58.1 Å². The van der Waals surface area contributed by atoms with Crippen molar-refractivity contribution in [3.63, 3.8) is 0 Å². The maximum atomic E-state index is 6.05. The van der Waals surface area contributed by atoms with Crippen LogP contribution in [-0.2, 0) is 0 Å². The van der Waals surface area contributed by atoms with Crippen LogP contribution in [0.3, 0.4) is 0 Å². The van der Waals surface area contributed by atoms with Crippen molar-refractivity contribution >= 4 is 28.9 Å². The van der Waals surface area contributed by atoms with E-state index in [1.54, 1.807) is 6.07 Å². The summed E-state index contributed by atoms with van der Waals surface area (Å²) in [6.45, 7) is 4.13. The fourth-order valence-electron chi connectivity index (χ4n) is 2.58.